The van der Waals surface area contributed by atoms with E-state index in [0.717, 1.165) is 18.8 Å². The van der Waals surface area contributed by atoms with Crippen molar-refractivity contribution >= 4 is 34.8 Å². The molecule has 0 spiro atoms. The monoisotopic (exact) mass is 626 g/mol. The summed E-state index contributed by atoms with van der Waals surface area (Å²) in [6.45, 7) is 2.80. The van der Waals surface area contributed by atoms with Crippen molar-refractivity contribution in [1.82, 2.24) is 4.57 Å². The van der Waals surface area contributed by atoms with E-state index in [0.29, 0.717) is 69.5 Å². The maximum Gasteiger partial charge on any atom is 0.355 e. The van der Waals surface area contributed by atoms with Crippen LogP contribution in [0.15, 0.2) is 53.3 Å². The summed E-state index contributed by atoms with van der Waals surface area (Å²) < 4.78 is 40.0. The van der Waals surface area contributed by atoms with Crippen LogP contribution in [0.5, 0.6) is 28.7 Å². The zero-order valence-corrected chi connectivity index (χ0v) is 26.2. The van der Waals surface area contributed by atoms with Crippen molar-refractivity contribution in [3.05, 3.63) is 64.6 Å². The molecule has 44 heavy (non-hydrogen) atoms. The van der Waals surface area contributed by atoms with Gasteiger partial charge >= 0.3 is 5.97 Å². The predicted molar refractivity (Wildman–Crippen MR) is 169 cm³/mol. The number of rotatable bonds is 9. The maximum atomic E-state index is 14.3. The minimum absolute atomic E-state index is 0. The van der Waals surface area contributed by atoms with Crippen molar-refractivity contribution in [3.8, 4) is 45.6 Å². The lowest BCUT2D eigenvalue weighted by Gasteiger charge is -2.29. The van der Waals surface area contributed by atoms with Crippen LogP contribution in [0.25, 0.3) is 27.6 Å². The fraction of sp³-hybridized carbons (Fsp3) is 0.312. The summed E-state index contributed by atoms with van der Waals surface area (Å²) in [5.41, 5.74) is 1.96. The molecule has 1 saturated heterocycles. The molecule has 234 valence electrons. The van der Waals surface area contributed by atoms with Crippen LogP contribution in [-0.4, -0.2) is 79.5 Å². The molecule has 0 radical (unpaired) electrons. The van der Waals surface area contributed by atoms with Crippen LogP contribution < -0.4 is 34.1 Å². The van der Waals surface area contributed by atoms with E-state index in [-0.39, 0.29) is 18.1 Å². The highest BCUT2D eigenvalue weighted by Gasteiger charge is 2.28. The number of halogens is 1. The zero-order valence-electron chi connectivity index (χ0n) is 25.4. The topological polar surface area (TPSA) is 107 Å². The van der Waals surface area contributed by atoms with E-state index in [1.165, 1.54) is 47.2 Å². The number of carbonyl (C=O) groups excluding carboxylic acids is 1. The van der Waals surface area contributed by atoms with Gasteiger partial charge in [0.05, 0.1) is 61.3 Å². The Kier molecular flexibility index (Phi) is 10.1. The van der Waals surface area contributed by atoms with Crippen molar-refractivity contribution in [2.45, 2.75) is 0 Å². The summed E-state index contributed by atoms with van der Waals surface area (Å²) in [6, 6.07) is 14.2. The van der Waals surface area contributed by atoms with Gasteiger partial charge in [-0.2, -0.15) is 0 Å². The number of fused-ring (bicyclic) bond motifs is 1. The molecule has 0 amide bonds. The Morgan fingerprint density at radius 2 is 1.23 bits per heavy atom. The molecular formula is C32H35ClN2O9. The Morgan fingerprint density at radius 1 is 0.705 bits per heavy atom. The summed E-state index contributed by atoms with van der Waals surface area (Å²) in [4.78, 5) is 30.2. The van der Waals surface area contributed by atoms with E-state index in [4.69, 9.17) is 33.2 Å². The Morgan fingerprint density at radius 3 is 1.73 bits per heavy atom. The fourth-order valence-electron chi connectivity index (χ4n) is 5.41. The lowest BCUT2D eigenvalue weighted by atomic mass is 9.95. The van der Waals surface area contributed by atoms with Gasteiger partial charge in [0.15, 0.2) is 23.0 Å². The highest BCUT2D eigenvalue weighted by atomic mass is 35.5. The normalized spacial score (nSPS) is 12.7. The van der Waals surface area contributed by atoms with E-state index < -0.39 is 11.5 Å². The zero-order chi connectivity index (χ0) is 30.7. The predicted octanol–water partition coefficient (Wildman–Crippen LogP) is 4.75. The summed E-state index contributed by atoms with van der Waals surface area (Å²) in [5.74, 6) is 1.15. The summed E-state index contributed by atoms with van der Waals surface area (Å²) in [7, 11) is 8.79. The molecule has 11 nitrogen and oxygen atoms in total. The molecule has 4 aromatic rings. The minimum Gasteiger partial charge on any atom is -0.493 e. The average Bonchev–Trinajstić information content (AvgIpc) is 3.06. The maximum absolute atomic E-state index is 14.3. The average molecular weight is 627 g/mol. The van der Waals surface area contributed by atoms with Crippen molar-refractivity contribution in [2.75, 3.05) is 73.9 Å². The largest absolute Gasteiger partial charge is 0.493 e. The molecule has 0 aliphatic carbocycles. The molecule has 1 aromatic heterocycles. The van der Waals surface area contributed by atoms with Gasteiger partial charge in [0.1, 0.15) is 5.69 Å². The van der Waals surface area contributed by atoms with Gasteiger partial charge in [-0.1, -0.05) is 0 Å². The van der Waals surface area contributed by atoms with Crippen molar-refractivity contribution in [1.29, 1.82) is 0 Å². The Balaban J connectivity index is 0.00000442. The number of esters is 1. The van der Waals surface area contributed by atoms with Crippen molar-refractivity contribution in [2.24, 2.45) is 0 Å². The number of benzene rings is 3. The van der Waals surface area contributed by atoms with Crippen molar-refractivity contribution < 1.29 is 38.0 Å². The fourth-order valence-corrected chi connectivity index (χ4v) is 5.41. The number of carbonyl (C=O) groups is 1. The molecular weight excluding hydrogens is 592 g/mol. The molecule has 3 aromatic carbocycles. The smallest absolute Gasteiger partial charge is 0.355 e. The number of hydrogen-bond donors (Lipinski definition) is 0. The first-order valence-corrected chi connectivity index (χ1v) is 13.6. The summed E-state index contributed by atoms with van der Waals surface area (Å²) >= 11 is 0. The van der Waals surface area contributed by atoms with E-state index in [2.05, 4.69) is 4.90 Å². The number of nitrogens with zero attached hydrogens (tertiary/aromatic N) is 2. The van der Waals surface area contributed by atoms with Crippen LogP contribution in [0.1, 0.15) is 10.5 Å². The molecule has 2 heterocycles. The Labute approximate surface area is 261 Å². The number of hydrogen-bond acceptors (Lipinski definition) is 10. The Bertz CT molecular complexity index is 1690. The number of anilines is 1. The van der Waals surface area contributed by atoms with Gasteiger partial charge in [-0.25, -0.2) is 4.79 Å². The van der Waals surface area contributed by atoms with E-state index >= 15 is 0 Å². The molecule has 1 aliphatic heterocycles. The lowest BCUT2D eigenvalue weighted by Crippen LogP contribution is -2.36. The third-order valence-corrected chi connectivity index (χ3v) is 7.50. The van der Waals surface area contributed by atoms with Gasteiger partial charge in [-0.05, 0) is 54.1 Å². The number of morpholine rings is 1. The minimum atomic E-state index is -0.713. The summed E-state index contributed by atoms with van der Waals surface area (Å²) in [5, 5.41) is 0.741. The Hall–Kier alpha value is -4.61. The van der Waals surface area contributed by atoms with Crippen LogP contribution >= 0.6 is 12.4 Å². The highest BCUT2D eigenvalue weighted by molar-refractivity contribution is 6.08. The van der Waals surface area contributed by atoms with Crippen LogP contribution in [0.2, 0.25) is 0 Å². The third-order valence-electron chi connectivity index (χ3n) is 7.50. The second-order valence-electron chi connectivity index (χ2n) is 9.64. The number of pyridine rings is 1. The first-order valence-electron chi connectivity index (χ1n) is 13.6. The third kappa shape index (κ3) is 5.68. The quantitative estimate of drug-likeness (QED) is 0.242. The van der Waals surface area contributed by atoms with Crippen LogP contribution in [0, 0.1) is 0 Å². The molecule has 12 heteroatoms. The van der Waals surface area contributed by atoms with Crippen molar-refractivity contribution in [3.63, 3.8) is 0 Å². The molecule has 5 rings (SSSR count). The van der Waals surface area contributed by atoms with E-state index in [9.17, 15) is 9.59 Å². The first kappa shape index (κ1) is 32.3. The summed E-state index contributed by atoms with van der Waals surface area (Å²) in [6.07, 6.45) is 0. The molecule has 0 atom stereocenters. The van der Waals surface area contributed by atoms with Gasteiger partial charge in [-0.15, -0.1) is 12.4 Å². The first-order chi connectivity index (χ1) is 20.9. The van der Waals surface area contributed by atoms with Gasteiger partial charge in [-0.3, -0.25) is 9.36 Å². The standard InChI is InChI=1S/C32H34N2O9.ClH/c1-37-24-17-22-23(18-25(24)38-2)31(35)34(21-9-7-20(8-10-21)33-11-13-43-14-12-33)29(32(36)42-6)28(22)19-15-26(39-3)30(41-5)27(16-19)40-4;/h7-10,15-18H,11-14H2,1-6H3;1H. The van der Waals surface area contributed by atoms with E-state index in [1.54, 1.807) is 24.3 Å². The molecule has 0 bridgehead atoms. The highest BCUT2D eigenvalue weighted by Crippen LogP contribution is 2.45. The second-order valence-corrected chi connectivity index (χ2v) is 9.64. The van der Waals surface area contributed by atoms with E-state index in [1.807, 2.05) is 24.3 Å². The molecule has 0 unspecified atom stereocenters. The van der Waals surface area contributed by atoms with Gasteiger partial charge in [0, 0.05) is 35.4 Å². The van der Waals surface area contributed by atoms with Crippen LogP contribution in [0.3, 0.4) is 0 Å². The number of ether oxygens (including phenoxy) is 7. The lowest BCUT2D eigenvalue weighted by molar-refractivity contribution is 0.0591. The molecule has 0 N–H and O–H groups in total. The van der Waals surface area contributed by atoms with Gasteiger partial charge in [0.25, 0.3) is 5.56 Å². The van der Waals surface area contributed by atoms with Crippen LogP contribution in [0.4, 0.5) is 5.69 Å². The van der Waals surface area contributed by atoms with Gasteiger partial charge in [0.2, 0.25) is 5.75 Å². The SMILES string of the molecule is COC(=O)c1c(-c2cc(OC)c(OC)c(OC)c2)c2cc(OC)c(OC)cc2c(=O)n1-c1ccc(N2CCOCC2)cc1.Cl. The molecule has 0 saturated carbocycles. The molecule has 1 aliphatic rings. The number of aromatic nitrogens is 1. The second kappa shape index (κ2) is 13.8. The van der Waals surface area contributed by atoms with Gasteiger partial charge < -0.3 is 38.1 Å². The number of methoxy groups -OCH3 is 6. The van der Waals surface area contributed by atoms with Crippen LogP contribution in [-0.2, 0) is 9.47 Å². The molecule has 1 fully saturated rings.